The summed E-state index contributed by atoms with van der Waals surface area (Å²) >= 11 is 0. The van der Waals surface area contributed by atoms with Crippen molar-refractivity contribution in [2.75, 3.05) is 25.5 Å². The van der Waals surface area contributed by atoms with Crippen LogP contribution in [0.1, 0.15) is 24.0 Å². The molecule has 0 saturated carbocycles. The third kappa shape index (κ3) is 3.14. The zero-order chi connectivity index (χ0) is 13.9. The van der Waals surface area contributed by atoms with E-state index in [0.717, 1.165) is 29.9 Å². The molecule has 0 atom stereocenters. The molecular formula is C15H22N2O2. The van der Waals surface area contributed by atoms with Gasteiger partial charge in [0.1, 0.15) is 5.60 Å². The second-order valence-corrected chi connectivity index (χ2v) is 5.28. The minimum Gasteiger partial charge on any atom is -0.368 e. The number of aryl methyl sites for hydroxylation is 2. The van der Waals surface area contributed by atoms with Crippen LogP contribution in [0.2, 0.25) is 0 Å². The largest absolute Gasteiger partial charge is 0.368 e. The Kier molecular flexibility index (Phi) is 4.22. The van der Waals surface area contributed by atoms with Crippen LogP contribution in [0.3, 0.4) is 0 Å². The average molecular weight is 262 g/mol. The zero-order valence-corrected chi connectivity index (χ0v) is 11.9. The Morgan fingerprint density at radius 2 is 1.79 bits per heavy atom. The van der Waals surface area contributed by atoms with Gasteiger partial charge in [0, 0.05) is 12.8 Å². The van der Waals surface area contributed by atoms with E-state index < -0.39 is 5.60 Å². The highest BCUT2D eigenvalue weighted by Crippen LogP contribution is 2.25. The minimum atomic E-state index is -0.692. The van der Waals surface area contributed by atoms with Gasteiger partial charge in [-0.3, -0.25) is 4.79 Å². The van der Waals surface area contributed by atoms with Crippen LogP contribution < -0.4 is 10.6 Å². The fraction of sp³-hybridized carbons (Fsp3) is 0.533. The van der Waals surface area contributed by atoms with E-state index in [4.69, 9.17) is 4.74 Å². The van der Waals surface area contributed by atoms with Crippen LogP contribution in [-0.4, -0.2) is 31.7 Å². The highest BCUT2D eigenvalue weighted by molar-refractivity contribution is 5.97. The molecule has 1 heterocycles. The molecule has 4 heteroatoms. The number of methoxy groups -OCH3 is 1. The molecule has 0 bridgehead atoms. The van der Waals surface area contributed by atoms with Crippen molar-refractivity contribution >= 4 is 11.6 Å². The van der Waals surface area contributed by atoms with Gasteiger partial charge in [-0.25, -0.2) is 0 Å². The fourth-order valence-electron chi connectivity index (χ4n) is 2.65. The highest BCUT2D eigenvalue weighted by atomic mass is 16.5. The van der Waals surface area contributed by atoms with Crippen LogP contribution in [0, 0.1) is 13.8 Å². The molecule has 2 N–H and O–H groups in total. The normalized spacial score (nSPS) is 18.1. The minimum absolute atomic E-state index is 0.0403. The Balaban J connectivity index is 2.14. The van der Waals surface area contributed by atoms with Gasteiger partial charge in [0.05, 0.1) is 0 Å². The predicted molar refractivity (Wildman–Crippen MR) is 76.4 cm³/mol. The topological polar surface area (TPSA) is 50.4 Å². The molecule has 0 aliphatic carbocycles. The number of piperidine rings is 1. The summed E-state index contributed by atoms with van der Waals surface area (Å²) in [5.74, 6) is -0.0403. The SMILES string of the molecule is COC1(C(=O)Nc2cc(C)cc(C)c2)CCNCC1. The summed E-state index contributed by atoms with van der Waals surface area (Å²) in [6.45, 7) is 5.68. The third-order valence-electron chi connectivity index (χ3n) is 3.70. The number of carbonyl (C=O) groups is 1. The summed E-state index contributed by atoms with van der Waals surface area (Å²) in [6.07, 6.45) is 1.42. The molecule has 1 aromatic carbocycles. The first-order valence-corrected chi connectivity index (χ1v) is 6.71. The van der Waals surface area contributed by atoms with Gasteiger partial charge in [0.25, 0.3) is 5.91 Å². The van der Waals surface area contributed by atoms with Gasteiger partial charge in [0.2, 0.25) is 0 Å². The monoisotopic (exact) mass is 262 g/mol. The van der Waals surface area contributed by atoms with Crippen LogP contribution in [0.15, 0.2) is 18.2 Å². The van der Waals surface area contributed by atoms with Crippen molar-refractivity contribution < 1.29 is 9.53 Å². The molecule has 1 fully saturated rings. The van der Waals surface area contributed by atoms with Crippen LogP contribution in [0.5, 0.6) is 0 Å². The lowest BCUT2D eigenvalue weighted by molar-refractivity contribution is -0.140. The Labute approximate surface area is 114 Å². The lowest BCUT2D eigenvalue weighted by atomic mass is 9.91. The second kappa shape index (κ2) is 5.72. The van der Waals surface area contributed by atoms with Gasteiger partial charge in [-0.05, 0) is 63.0 Å². The average Bonchev–Trinajstić information content (AvgIpc) is 2.38. The number of anilines is 1. The molecule has 0 radical (unpaired) electrons. The van der Waals surface area contributed by atoms with E-state index >= 15 is 0 Å². The van der Waals surface area contributed by atoms with Gasteiger partial charge < -0.3 is 15.4 Å². The van der Waals surface area contributed by atoms with Crippen LogP contribution in [0.4, 0.5) is 5.69 Å². The molecule has 1 aliphatic rings. The first-order valence-electron chi connectivity index (χ1n) is 6.71. The summed E-state index contributed by atoms with van der Waals surface area (Å²) in [5.41, 5.74) is 2.44. The highest BCUT2D eigenvalue weighted by Gasteiger charge is 2.39. The fourth-order valence-corrected chi connectivity index (χ4v) is 2.65. The molecule has 104 valence electrons. The summed E-state index contributed by atoms with van der Waals surface area (Å²) in [5, 5.41) is 6.24. The van der Waals surface area contributed by atoms with Crippen LogP contribution in [0.25, 0.3) is 0 Å². The second-order valence-electron chi connectivity index (χ2n) is 5.28. The number of hydrogen-bond acceptors (Lipinski definition) is 3. The van der Waals surface area contributed by atoms with Crippen molar-refractivity contribution in [2.24, 2.45) is 0 Å². The molecule has 0 aromatic heterocycles. The van der Waals surface area contributed by atoms with Gasteiger partial charge in [-0.15, -0.1) is 0 Å². The summed E-state index contributed by atoms with van der Waals surface area (Å²) in [7, 11) is 1.62. The molecular weight excluding hydrogens is 240 g/mol. The molecule has 1 aliphatic heterocycles. The number of hydrogen-bond donors (Lipinski definition) is 2. The number of benzene rings is 1. The van der Waals surface area contributed by atoms with E-state index in [0.29, 0.717) is 12.8 Å². The van der Waals surface area contributed by atoms with E-state index in [1.165, 1.54) is 0 Å². The molecule has 2 rings (SSSR count). The zero-order valence-electron chi connectivity index (χ0n) is 11.9. The van der Waals surface area contributed by atoms with Crippen molar-refractivity contribution in [1.29, 1.82) is 0 Å². The molecule has 0 unspecified atom stereocenters. The maximum absolute atomic E-state index is 12.5. The molecule has 0 spiro atoms. The summed E-state index contributed by atoms with van der Waals surface area (Å²) < 4.78 is 5.52. The van der Waals surface area contributed by atoms with Crippen molar-refractivity contribution in [3.05, 3.63) is 29.3 Å². The number of rotatable bonds is 3. The Morgan fingerprint density at radius 3 is 2.32 bits per heavy atom. The van der Waals surface area contributed by atoms with E-state index in [2.05, 4.69) is 16.7 Å². The Bertz CT molecular complexity index is 445. The maximum Gasteiger partial charge on any atom is 0.256 e. The first-order chi connectivity index (χ1) is 9.05. The summed E-state index contributed by atoms with van der Waals surface area (Å²) in [4.78, 5) is 12.5. The number of amides is 1. The standard InChI is InChI=1S/C15H22N2O2/c1-11-8-12(2)10-13(9-11)17-14(18)15(19-3)4-6-16-7-5-15/h8-10,16H,4-7H2,1-3H3,(H,17,18). The number of nitrogens with one attached hydrogen (secondary N) is 2. The third-order valence-corrected chi connectivity index (χ3v) is 3.70. The van der Waals surface area contributed by atoms with Gasteiger partial charge in [-0.1, -0.05) is 6.07 Å². The Morgan fingerprint density at radius 1 is 1.21 bits per heavy atom. The summed E-state index contributed by atoms with van der Waals surface area (Å²) in [6, 6.07) is 6.05. The van der Waals surface area contributed by atoms with Gasteiger partial charge in [-0.2, -0.15) is 0 Å². The van der Waals surface area contributed by atoms with E-state index in [1.807, 2.05) is 26.0 Å². The molecule has 1 amide bonds. The molecule has 1 aromatic rings. The van der Waals surface area contributed by atoms with Crippen LogP contribution in [-0.2, 0) is 9.53 Å². The predicted octanol–water partition coefficient (Wildman–Crippen LogP) is 2.01. The van der Waals surface area contributed by atoms with Crippen LogP contribution >= 0.6 is 0 Å². The first kappa shape index (κ1) is 14.0. The Hall–Kier alpha value is -1.39. The lowest BCUT2D eigenvalue weighted by Crippen LogP contribution is -2.51. The van der Waals surface area contributed by atoms with E-state index in [1.54, 1.807) is 7.11 Å². The lowest BCUT2D eigenvalue weighted by Gasteiger charge is -2.34. The van der Waals surface area contributed by atoms with Crippen molar-refractivity contribution in [1.82, 2.24) is 5.32 Å². The molecule has 19 heavy (non-hydrogen) atoms. The van der Waals surface area contributed by atoms with Crippen molar-refractivity contribution in [2.45, 2.75) is 32.3 Å². The molecule has 1 saturated heterocycles. The van der Waals surface area contributed by atoms with Crippen molar-refractivity contribution in [3.63, 3.8) is 0 Å². The maximum atomic E-state index is 12.5. The van der Waals surface area contributed by atoms with Crippen molar-refractivity contribution in [3.8, 4) is 0 Å². The number of carbonyl (C=O) groups excluding carboxylic acids is 1. The van der Waals surface area contributed by atoms with E-state index in [-0.39, 0.29) is 5.91 Å². The van der Waals surface area contributed by atoms with E-state index in [9.17, 15) is 4.79 Å². The number of ether oxygens (including phenoxy) is 1. The van der Waals surface area contributed by atoms with Gasteiger partial charge in [0.15, 0.2) is 0 Å². The van der Waals surface area contributed by atoms with Gasteiger partial charge >= 0.3 is 0 Å². The molecule has 4 nitrogen and oxygen atoms in total. The quantitative estimate of drug-likeness (QED) is 0.876. The smallest absolute Gasteiger partial charge is 0.256 e.